The van der Waals surface area contributed by atoms with Crippen molar-refractivity contribution in [3.8, 4) is 0 Å². The Morgan fingerprint density at radius 1 is 0.857 bits per heavy atom. The molecule has 0 radical (unpaired) electrons. The number of fused-ring (bicyclic) bond motifs is 2. The Kier molecular flexibility index (Phi) is 6.67. The fourth-order valence-electron chi connectivity index (χ4n) is 5.72. The molecule has 2 aliphatic carbocycles. The molecule has 184 valence electrons. The van der Waals surface area contributed by atoms with Crippen LogP contribution in [0.1, 0.15) is 59.8 Å². The number of anilines is 2. The van der Waals surface area contributed by atoms with Crippen molar-refractivity contribution < 1.29 is 19.2 Å². The molecule has 1 saturated heterocycles. The maximum Gasteiger partial charge on any atom is 0.258 e. The van der Waals surface area contributed by atoms with Gasteiger partial charge in [0, 0.05) is 18.3 Å². The van der Waals surface area contributed by atoms with Gasteiger partial charge in [0.2, 0.25) is 0 Å². The van der Waals surface area contributed by atoms with E-state index in [9.17, 15) is 19.2 Å². The molecular formula is C29H34N2O4. The Balaban J connectivity index is 0.000000218. The number of para-hydroxylation sites is 2. The van der Waals surface area contributed by atoms with Gasteiger partial charge in [-0.25, -0.2) is 10.0 Å². The Labute approximate surface area is 207 Å². The number of hydrogen-bond acceptors (Lipinski definition) is 4. The molecule has 2 atom stereocenters. The molecule has 1 aliphatic heterocycles. The number of Topliss-reactive ketones (excluding diaryl/α,β-unsaturated/α-hetero) is 2. The van der Waals surface area contributed by atoms with Gasteiger partial charge in [-0.1, -0.05) is 57.2 Å². The van der Waals surface area contributed by atoms with Crippen LogP contribution in [0.3, 0.4) is 0 Å². The fraction of sp³-hybridized carbons (Fsp3) is 0.448. The van der Waals surface area contributed by atoms with Crippen LogP contribution >= 0.6 is 0 Å². The highest BCUT2D eigenvalue weighted by molar-refractivity contribution is 6.23. The molecule has 6 nitrogen and oxygen atoms in total. The lowest BCUT2D eigenvalue weighted by atomic mass is 9.70. The van der Waals surface area contributed by atoms with Crippen LogP contribution in [0.5, 0.6) is 0 Å². The van der Waals surface area contributed by atoms with Gasteiger partial charge in [-0.15, -0.1) is 0 Å². The number of ketones is 2. The van der Waals surface area contributed by atoms with Crippen molar-refractivity contribution in [2.24, 2.45) is 22.7 Å². The highest BCUT2D eigenvalue weighted by atomic mass is 16.2. The van der Waals surface area contributed by atoms with Crippen LogP contribution in [-0.2, 0) is 19.2 Å². The SMILES string of the molecule is CC(=O)CCC1C(=O)N(c2ccccc2)N(c2ccccc2)C1=O.CC12CCC(CC1=O)C2(C)C. The van der Waals surface area contributed by atoms with E-state index in [-0.39, 0.29) is 41.3 Å². The predicted octanol–water partition coefficient (Wildman–Crippen LogP) is 5.37. The smallest absolute Gasteiger partial charge is 0.258 e. The van der Waals surface area contributed by atoms with Crippen molar-refractivity contribution in [3.05, 3.63) is 60.7 Å². The van der Waals surface area contributed by atoms with Crippen molar-refractivity contribution in [3.63, 3.8) is 0 Å². The van der Waals surface area contributed by atoms with Gasteiger partial charge in [0.15, 0.2) is 0 Å². The summed E-state index contributed by atoms with van der Waals surface area (Å²) in [5.74, 6) is -0.249. The van der Waals surface area contributed by atoms with Gasteiger partial charge in [-0.2, -0.15) is 0 Å². The van der Waals surface area contributed by atoms with Crippen LogP contribution in [-0.4, -0.2) is 23.4 Å². The Bertz CT molecular complexity index is 1070. The highest BCUT2D eigenvalue weighted by Gasteiger charge is 2.61. The lowest BCUT2D eigenvalue weighted by Gasteiger charge is -2.32. The van der Waals surface area contributed by atoms with E-state index in [1.165, 1.54) is 23.4 Å². The molecule has 2 aromatic carbocycles. The van der Waals surface area contributed by atoms with E-state index in [0.29, 0.717) is 23.1 Å². The standard InChI is InChI=1S/C19H18N2O3.C10H16O/c1-14(22)12-13-17-18(23)20(15-8-4-2-5-9-15)21(19(17)24)16-10-6-3-7-11-16;1-9(2)7-4-5-10(9,3)8(11)6-7/h2-11,17H,12-13H2,1H3;7H,4-6H2,1-3H3. The van der Waals surface area contributed by atoms with Crippen molar-refractivity contribution in [2.45, 2.75) is 59.8 Å². The van der Waals surface area contributed by atoms with E-state index in [2.05, 4.69) is 20.8 Å². The van der Waals surface area contributed by atoms with Crippen LogP contribution in [0.15, 0.2) is 60.7 Å². The monoisotopic (exact) mass is 474 g/mol. The zero-order chi connectivity index (χ0) is 25.4. The third kappa shape index (κ3) is 4.30. The molecule has 5 rings (SSSR count). The second kappa shape index (κ2) is 9.40. The molecule has 0 aromatic heterocycles. The number of hydrogen-bond donors (Lipinski definition) is 0. The topological polar surface area (TPSA) is 74.8 Å². The van der Waals surface area contributed by atoms with Gasteiger partial charge >= 0.3 is 0 Å². The summed E-state index contributed by atoms with van der Waals surface area (Å²) in [5, 5.41) is 2.81. The lowest BCUT2D eigenvalue weighted by Crippen LogP contribution is -2.41. The van der Waals surface area contributed by atoms with Gasteiger partial charge in [-0.3, -0.25) is 14.4 Å². The maximum absolute atomic E-state index is 12.9. The summed E-state index contributed by atoms with van der Waals surface area (Å²) in [5.41, 5.74) is 1.57. The summed E-state index contributed by atoms with van der Waals surface area (Å²) in [6, 6.07) is 18.1. The van der Waals surface area contributed by atoms with Crippen LogP contribution in [0, 0.1) is 22.7 Å². The molecule has 2 aromatic rings. The van der Waals surface area contributed by atoms with Gasteiger partial charge in [0.1, 0.15) is 17.5 Å². The molecule has 3 aliphatic rings. The summed E-state index contributed by atoms with van der Waals surface area (Å²) in [6.45, 7) is 8.14. The van der Waals surface area contributed by atoms with Crippen LogP contribution in [0.4, 0.5) is 11.4 Å². The van der Waals surface area contributed by atoms with E-state index in [0.717, 1.165) is 12.8 Å². The number of hydrazine groups is 1. The molecule has 35 heavy (non-hydrogen) atoms. The summed E-state index contributed by atoms with van der Waals surface area (Å²) in [6.07, 6.45) is 3.70. The number of nitrogens with zero attached hydrogens (tertiary/aromatic N) is 2. The quantitative estimate of drug-likeness (QED) is 0.546. The summed E-state index contributed by atoms with van der Waals surface area (Å²) in [4.78, 5) is 48.6. The molecular weight excluding hydrogens is 440 g/mol. The molecule has 2 amide bonds. The number of benzene rings is 2. The molecule has 3 fully saturated rings. The average Bonchev–Trinajstić information content (AvgIpc) is 3.29. The van der Waals surface area contributed by atoms with Crippen LogP contribution in [0.25, 0.3) is 0 Å². The van der Waals surface area contributed by atoms with E-state index >= 15 is 0 Å². The summed E-state index contributed by atoms with van der Waals surface area (Å²) < 4.78 is 0. The van der Waals surface area contributed by atoms with E-state index < -0.39 is 5.92 Å². The number of carbonyl (C=O) groups excluding carboxylic acids is 4. The summed E-state index contributed by atoms with van der Waals surface area (Å²) >= 11 is 0. The van der Waals surface area contributed by atoms with Crippen molar-refractivity contribution in [2.75, 3.05) is 10.0 Å². The first-order chi connectivity index (χ1) is 16.6. The first kappa shape index (κ1) is 24.8. The molecule has 1 heterocycles. The molecule has 2 unspecified atom stereocenters. The molecule has 0 N–H and O–H groups in total. The third-order valence-corrected chi connectivity index (χ3v) is 8.48. The maximum atomic E-state index is 12.9. The van der Waals surface area contributed by atoms with Crippen molar-refractivity contribution in [1.29, 1.82) is 0 Å². The third-order valence-electron chi connectivity index (χ3n) is 8.48. The molecule has 2 saturated carbocycles. The zero-order valence-electron chi connectivity index (χ0n) is 21.0. The van der Waals surface area contributed by atoms with Gasteiger partial charge in [0.05, 0.1) is 11.4 Å². The number of rotatable bonds is 5. The molecule has 6 heteroatoms. The first-order valence-electron chi connectivity index (χ1n) is 12.4. The lowest BCUT2D eigenvalue weighted by molar-refractivity contribution is -0.129. The van der Waals surface area contributed by atoms with E-state index in [1.807, 2.05) is 36.4 Å². The second-order valence-corrected chi connectivity index (χ2v) is 10.7. The minimum atomic E-state index is -0.825. The summed E-state index contributed by atoms with van der Waals surface area (Å²) in [7, 11) is 0. The first-order valence-corrected chi connectivity index (χ1v) is 12.4. The van der Waals surface area contributed by atoms with E-state index in [4.69, 9.17) is 0 Å². The predicted molar refractivity (Wildman–Crippen MR) is 135 cm³/mol. The number of amides is 2. The zero-order valence-corrected chi connectivity index (χ0v) is 21.0. The Morgan fingerprint density at radius 3 is 1.66 bits per heavy atom. The normalized spacial score (nSPS) is 25.1. The van der Waals surface area contributed by atoms with E-state index in [1.54, 1.807) is 24.3 Å². The molecule has 2 bridgehead atoms. The molecule has 0 spiro atoms. The van der Waals surface area contributed by atoms with Gasteiger partial charge in [-0.05, 0) is 61.8 Å². The second-order valence-electron chi connectivity index (χ2n) is 10.7. The van der Waals surface area contributed by atoms with Crippen LogP contribution in [0.2, 0.25) is 0 Å². The van der Waals surface area contributed by atoms with Gasteiger partial charge < -0.3 is 4.79 Å². The van der Waals surface area contributed by atoms with Gasteiger partial charge in [0.25, 0.3) is 11.8 Å². The number of carbonyl (C=O) groups is 4. The van der Waals surface area contributed by atoms with Crippen molar-refractivity contribution in [1.82, 2.24) is 0 Å². The van der Waals surface area contributed by atoms with Crippen molar-refractivity contribution >= 4 is 34.8 Å². The minimum absolute atomic E-state index is 0.0255. The Hall–Kier alpha value is -3.28. The fourth-order valence-corrected chi connectivity index (χ4v) is 5.72. The highest BCUT2D eigenvalue weighted by Crippen LogP contribution is 2.63. The average molecular weight is 475 g/mol. The minimum Gasteiger partial charge on any atom is -0.300 e. The Morgan fingerprint density at radius 2 is 1.34 bits per heavy atom. The van der Waals surface area contributed by atoms with Crippen LogP contribution < -0.4 is 10.0 Å². The largest absolute Gasteiger partial charge is 0.300 e.